The third-order valence-corrected chi connectivity index (χ3v) is 4.32. The molecular formula is C14H18F2N4O2. The maximum atomic E-state index is 12.9. The van der Waals surface area contributed by atoms with E-state index in [4.69, 9.17) is 0 Å². The summed E-state index contributed by atoms with van der Waals surface area (Å²) in [6, 6.07) is 0. The van der Waals surface area contributed by atoms with Crippen LogP contribution in [-0.4, -0.2) is 51.4 Å². The molecule has 120 valence electrons. The third kappa shape index (κ3) is 2.26. The number of hydrogen-bond acceptors (Lipinski definition) is 3. The van der Waals surface area contributed by atoms with Gasteiger partial charge in [0.1, 0.15) is 0 Å². The second-order valence-corrected chi connectivity index (χ2v) is 6.25. The number of aromatic nitrogens is 2. The van der Waals surface area contributed by atoms with Gasteiger partial charge >= 0.3 is 0 Å². The standard InChI is InChI=1S/C14H18F2N4O2/c1-18(2)13(22)11-9-6-20(7-10(9)19(3)17-11)12(21)8-4-14(15,16)5-8/h8H,4-7H2,1-3H3. The molecule has 0 unspecified atom stereocenters. The molecular weight excluding hydrogens is 294 g/mol. The summed E-state index contributed by atoms with van der Waals surface area (Å²) in [7, 11) is 4.99. The molecule has 0 bridgehead atoms. The van der Waals surface area contributed by atoms with E-state index >= 15 is 0 Å². The van der Waals surface area contributed by atoms with Crippen molar-refractivity contribution in [2.75, 3.05) is 14.1 Å². The fourth-order valence-electron chi connectivity index (χ4n) is 3.03. The summed E-state index contributed by atoms with van der Waals surface area (Å²) >= 11 is 0. The summed E-state index contributed by atoms with van der Waals surface area (Å²) in [5.74, 6) is -3.79. The van der Waals surface area contributed by atoms with Crippen molar-refractivity contribution in [2.24, 2.45) is 13.0 Å². The largest absolute Gasteiger partial charge is 0.343 e. The van der Waals surface area contributed by atoms with Gasteiger partial charge in [-0.15, -0.1) is 0 Å². The molecule has 6 nitrogen and oxygen atoms in total. The molecule has 0 spiro atoms. The van der Waals surface area contributed by atoms with Crippen LogP contribution in [0.4, 0.5) is 8.78 Å². The molecule has 0 atom stereocenters. The molecule has 0 N–H and O–H groups in total. The average molecular weight is 312 g/mol. The van der Waals surface area contributed by atoms with E-state index in [2.05, 4.69) is 5.10 Å². The smallest absolute Gasteiger partial charge is 0.274 e. The summed E-state index contributed by atoms with van der Waals surface area (Å²) in [5, 5.41) is 4.22. The zero-order chi connectivity index (χ0) is 16.2. The summed E-state index contributed by atoms with van der Waals surface area (Å²) < 4.78 is 27.4. The number of hydrogen-bond donors (Lipinski definition) is 0. The maximum absolute atomic E-state index is 12.9. The topological polar surface area (TPSA) is 58.4 Å². The maximum Gasteiger partial charge on any atom is 0.274 e. The van der Waals surface area contributed by atoms with Gasteiger partial charge in [0, 0.05) is 45.5 Å². The van der Waals surface area contributed by atoms with E-state index in [1.807, 2.05) is 0 Å². The minimum atomic E-state index is -2.71. The zero-order valence-corrected chi connectivity index (χ0v) is 12.8. The number of alkyl halides is 2. The molecule has 2 aliphatic rings. The van der Waals surface area contributed by atoms with Crippen molar-refractivity contribution < 1.29 is 18.4 Å². The Labute approximate surface area is 126 Å². The Hall–Kier alpha value is -1.99. The van der Waals surface area contributed by atoms with Crippen molar-refractivity contribution in [1.29, 1.82) is 0 Å². The first-order chi connectivity index (χ1) is 10.2. The molecule has 1 aromatic heterocycles. The van der Waals surface area contributed by atoms with Crippen molar-refractivity contribution in [3.63, 3.8) is 0 Å². The lowest BCUT2D eigenvalue weighted by Crippen LogP contribution is -2.45. The molecule has 2 heterocycles. The lowest BCUT2D eigenvalue weighted by Gasteiger charge is -2.36. The average Bonchev–Trinajstić information content (AvgIpc) is 2.95. The van der Waals surface area contributed by atoms with Crippen molar-refractivity contribution >= 4 is 11.8 Å². The highest BCUT2D eigenvalue weighted by Crippen LogP contribution is 2.44. The molecule has 8 heteroatoms. The highest BCUT2D eigenvalue weighted by molar-refractivity contribution is 5.94. The van der Waals surface area contributed by atoms with E-state index in [0.29, 0.717) is 12.2 Å². The molecule has 0 radical (unpaired) electrons. The minimum absolute atomic E-state index is 0.221. The molecule has 0 aromatic carbocycles. The van der Waals surface area contributed by atoms with Crippen LogP contribution in [0, 0.1) is 5.92 Å². The predicted octanol–water partition coefficient (Wildman–Crippen LogP) is 1.01. The van der Waals surface area contributed by atoms with E-state index in [0.717, 1.165) is 11.3 Å². The Morgan fingerprint density at radius 2 is 1.91 bits per heavy atom. The molecule has 22 heavy (non-hydrogen) atoms. The second kappa shape index (κ2) is 4.76. The van der Waals surface area contributed by atoms with Crippen molar-refractivity contribution in [2.45, 2.75) is 31.9 Å². The van der Waals surface area contributed by atoms with Gasteiger partial charge in [0.15, 0.2) is 5.69 Å². The summed E-state index contributed by atoms with van der Waals surface area (Å²) in [6.45, 7) is 0.583. The van der Waals surface area contributed by atoms with Gasteiger partial charge in [-0.25, -0.2) is 8.78 Å². The zero-order valence-electron chi connectivity index (χ0n) is 12.8. The summed E-state index contributed by atoms with van der Waals surface area (Å²) in [6.07, 6.45) is -0.749. The first kappa shape index (κ1) is 14.9. The van der Waals surface area contributed by atoms with Crippen molar-refractivity contribution in [3.8, 4) is 0 Å². The van der Waals surface area contributed by atoms with Crippen molar-refractivity contribution in [1.82, 2.24) is 19.6 Å². The van der Waals surface area contributed by atoms with E-state index in [1.165, 1.54) is 4.90 Å². The van der Waals surface area contributed by atoms with Crippen LogP contribution >= 0.6 is 0 Å². The Morgan fingerprint density at radius 3 is 2.45 bits per heavy atom. The molecule has 3 rings (SSSR count). The Morgan fingerprint density at radius 1 is 1.27 bits per heavy atom. The first-order valence-corrected chi connectivity index (χ1v) is 7.12. The number of aryl methyl sites for hydroxylation is 1. The molecule has 1 saturated carbocycles. The summed E-state index contributed by atoms with van der Waals surface area (Å²) in [5.41, 5.74) is 1.85. The van der Waals surface area contributed by atoms with E-state index in [1.54, 1.807) is 30.7 Å². The van der Waals surface area contributed by atoms with E-state index < -0.39 is 11.8 Å². The second-order valence-electron chi connectivity index (χ2n) is 6.25. The van der Waals surface area contributed by atoms with Gasteiger partial charge in [0.2, 0.25) is 11.8 Å². The lowest BCUT2D eigenvalue weighted by molar-refractivity contribution is -0.160. The van der Waals surface area contributed by atoms with Crippen LogP contribution in [0.1, 0.15) is 34.6 Å². The SMILES string of the molecule is CN(C)C(=O)c1nn(C)c2c1CN(C(=O)C1CC(F)(F)C1)C2. The molecule has 1 aliphatic heterocycles. The summed E-state index contributed by atoms with van der Waals surface area (Å²) in [4.78, 5) is 27.4. The van der Waals surface area contributed by atoms with Gasteiger partial charge in [0.25, 0.3) is 5.91 Å². The van der Waals surface area contributed by atoms with Crippen LogP contribution in [0.2, 0.25) is 0 Å². The number of nitrogens with zero attached hydrogens (tertiary/aromatic N) is 4. The van der Waals surface area contributed by atoms with Crippen molar-refractivity contribution in [3.05, 3.63) is 17.0 Å². The van der Waals surface area contributed by atoms with Gasteiger partial charge in [-0.2, -0.15) is 5.10 Å². The highest BCUT2D eigenvalue weighted by Gasteiger charge is 2.50. The normalized spacial score (nSPS) is 19.8. The van der Waals surface area contributed by atoms with Gasteiger partial charge in [-0.3, -0.25) is 14.3 Å². The number of fused-ring (bicyclic) bond motifs is 1. The fraction of sp³-hybridized carbons (Fsp3) is 0.643. The molecule has 1 fully saturated rings. The lowest BCUT2D eigenvalue weighted by atomic mass is 9.80. The molecule has 1 aromatic rings. The van der Waals surface area contributed by atoms with Gasteiger partial charge < -0.3 is 9.80 Å². The monoisotopic (exact) mass is 312 g/mol. The fourth-order valence-corrected chi connectivity index (χ4v) is 3.03. The quantitative estimate of drug-likeness (QED) is 0.819. The van der Waals surface area contributed by atoms with E-state index in [9.17, 15) is 18.4 Å². The highest BCUT2D eigenvalue weighted by atomic mass is 19.3. The van der Waals surface area contributed by atoms with Gasteiger partial charge in [-0.1, -0.05) is 0 Å². The first-order valence-electron chi connectivity index (χ1n) is 7.12. The minimum Gasteiger partial charge on any atom is -0.343 e. The number of amides is 2. The van der Waals surface area contributed by atoms with Crippen LogP contribution in [0.25, 0.3) is 0 Å². The Balaban J connectivity index is 1.77. The van der Waals surface area contributed by atoms with Gasteiger partial charge in [-0.05, 0) is 0 Å². The number of rotatable bonds is 2. The molecule has 1 aliphatic carbocycles. The van der Waals surface area contributed by atoms with Crippen LogP contribution in [-0.2, 0) is 24.9 Å². The van der Waals surface area contributed by atoms with Crippen LogP contribution in [0.15, 0.2) is 0 Å². The predicted molar refractivity (Wildman–Crippen MR) is 73.2 cm³/mol. The Kier molecular flexibility index (Phi) is 3.23. The Bertz CT molecular complexity index is 646. The van der Waals surface area contributed by atoms with Gasteiger partial charge in [0.05, 0.1) is 18.8 Å². The number of halogens is 2. The number of carbonyl (C=O) groups is 2. The van der Waals surface area contributed by atoms with E-state index in [-0.39, 0.29) is 31.2 Å². The van der Waals surface area contributed by atoms with Crippen LogP contribution in [0.5, 0.6) is 0 Å². The van der Waals surface area contributed by atoms with Crippen LogP contribution in [0.3, 0.4) is 0 Å². The third-order valence-electron chi connectivity index (χ3n) is 4.32. The van der Waals surface area contributed by atoms with Crippen LogP contribution < -0.4 is 0 Å². The number of carbonyl (C=O) groups excluding carboxylic acids is 2. The molecule has 2 amide bonds. The molecule has 0 saturated heterocycles.